The van der Waals surface area contributed by atoms with Crippen molar-refractivity contribution in [1.29, 1.82) is 0 Å². The number of carbonyl (C=O) groups is 2. The van der Waals surface area contributed by atoms with Crippen molar-refractivity contribution < 1.29 is 9.59 Å². The van der Waals surface area contributed by atoms with Gasteiger partial charge in [0.1, 0.15) is 6.04 Å². The van der Waals surface area contributed by atoms with Crippen LogP contribution in [0.1, 0.15) is 41.9 Å². The Labute approximate surface area is 117 Å². The average molecular weight is 281 g/mol. The van der Waals surface area contributed by atoms with E-state index in [4.69, 9.17) is 0 Å². The maximum atomic E-state index is 12.1. The molecule has 1 aromatic rings. The quantitative estimate of drug-likeness (QED) is 0.914. The van der Waals surface area contributed by atoms with Crippen LogP contribution in [0.3, 0.4) is 0 Å². The highest BCUT2D eigenvalue weighted by molar-refractivity contribution is 7.11. The summed E-state index contributed by atoms with van der Waals surface area (Å²) in [7, 11) is 0. The largest absolute Gasteiger partial charge is 0.345 e. The lowest BCUT2D eigenvalue weighted by Crippen LogP contribution is -2.58. The summed E-state index contributed by atoms with van der Waals surface area (Å²) in [4.78, 5) is 31.2. The van der Waals surface area contributed by atoms with Gasteiger partial charge >= 0.3 is 0 Å². The van der Waals surface area contributed by atoms with Crippen LogP contribution in [0.25, 0.3) is 0 Å². The summed E-state index contributed by atoms with van der Waals surface area (Å²) in [6.45, 7) is 7.89. The highest BCUT2D eigenvalue weighted by Crippen LogP contribution is 2.31. The lowest BCUT2D eigenvalue weighted by molar-refractivity contribution is -0.148. The Morgan fingerprint density at radius 2 is 2.16 bits per heavy atom. The lowest BCUT2D eigenvalue weighted by Gasteiger charge is -2.38. The predicted octanol–water partition coefficient (Wildman–Crippen LogP) is 1.56. The van der Waals surface area contributed by atoms with E-state index in [1.807, 2.05) is 27.7 Å². The van der Waals surface area contributed by atoms with Crippen molar-refractivity contribution >= 4 is 23.2 Å². The number of hydrogen-bond donors (Lipinski definition) is 1. The van der Waals surface area contributed by atoms with Crippen LogP contribution in [-0.4, -0.2) is 34.3 Å². The molecule has 1 aromatic heterocycles. The number of carbonyl (C=O) groups excluding carboxylic acids is 2. The fourth-order valence-corrected chi connectivity index (χ4v) is 3.58. The molecular weight excluding hydrogens is 262 g/mol. The molecule has 0 spiro atoms. The third kappa shape index (κ3) is 2.49. The first-order chi connectivity index (χ1) is 8.95. The highest BCUT2D eigenvalue weighted by Gasteiger charge is 2.37. The van der Waals surface area contributed by atoms with E-state index in [1.165, 1.54) is 0 Å². The number of thiazole rings is 1. The van der Waals surface area contributed by atoms with Crippen LogP contribution in [0.4, 0.5) is 0 Å². The first-order valence-corrected chi connectivity index (χ1v) is 7.30. The number of hydrogen-bond acceptors (Lipinski definition) is 4. The highest BCUT2D eigenvalue weighted by atomic mass is 32.1. The second-order valence-corrected chi connectivity index (χ2v) is 6.04. The minimum Gasteiger partial charge on any atom is -0.345 e. The predicted molar refractivity (Wildman–Crippen MR) is 73.9 cm³/mol. The number of aryl methyl sites for hydroxylation is 2. The van der Waals surface area contributed by atoms with Gasteiger partial charge in [0, 0.05) is 4.88 Å². The number of rotatable bonds is 3. The monoisotopic (exact) mass is 281 g/mol. The van der Waals surface area contributed by atoms with E-state index in [9.17, 15) is 9.59 Å². The molecule has 104 valence electrons. The molecule has 6 heteroatoms. The van der Waals surface area contributed by atoms with E-state index in [2.05, 4.69) is 10.3 Å². The number of piperazine rings is 1. The third-order valence-electron chi connectivity index (χ3n) is 3.46. The third-order valence-corrected chi connectivity index (χ3v) is 4.71. The Balaban J connectivity index is 2.34. The molecule has 1 N–H and O–H groups in total. The van der Waals surface area contributed by atoms with Crippen molar-refractivity contribution in [2.45, 2.75) is 46.2 Å². The first kappa shape index (κ1) is 14.0. The van der Waals surface area contributed by atoms with Crippen molar-refractivity contribution in [3.05, 3.63) is 15.6 Å². The van der Waals surface area contributed by atoms with Crippen molar-refractivity contribution in [3.63, 3.8) is 0 Å². The van der Waals surface area contributed by atoms with Gasteiger partial charge in [-0.1, -0.05) is 6.92 Å². The summed E-state index contributed by atoms with van der Waals surface area (Å²) < 4.78 is 0. The van der Waals surface area contributed by atoms with Gasteiger partial charge in [0.2, 0.25) is 11.8 Å². The maximum absolute atomic E-state index is 12.1. The Morgan fingerprint density at radius 3 is 2.68 bits per heavy atom. The second-order valence-electron chi connectivity index (χ2n) is 4.80. The molecule has 5 nitrogen and oxygen atoms in total. The van der Waals surface area contributed by atoms with E-state index < -0.39 is 0 Å². The summed E-state index contributed by atoms with van der Waals surface area (Å²) in [5.41, 5.74) is 0.948. The van der Waals surface area contributed by atoms with Crippen molar-refractivity contribution in [2.24, 2.45) is 0 Å². The molecule has 2 amide bonds. The molecule has 2 unspecified atom stereocenters. The van der Waals surface area contributed by atoms with Crippen LogP contribution >= 0.6 is 11.3 Å². The Bertz CT molecular complexity index is 512. The fourth-order valence-electron chi connectivity index (χ4n) is 2.60. The molecule has 19 heavy (non-hydrogen) atoms. The van der Waals surface area contributed by atoms with Crippen molar-refractivity contribution in [3.8, 4) is 0 Å². The topological polar surface area (TPSA) is 62.3 Å². The molecule has 1 aliphatic rings. The van der Waals surface area contributed by atoms with Crippen LogP contribution in [-0.2, 0) is 9.59 Å². The van der Waals surface area contributed by atoms with Crippen LogP contribution in [0.15, 0.2) is 0 Å². The van der Waals surface area contributed by atoms with Gasteiger partial charge in [-0.3, -0.25) is 9.59 Å². The number of amides is 2. The van der Waals surface area contributed by atoms with E-state index in [1.54, 1.807) is 16.2 Å². The molecule has 0 saturated carbocycles. The zero-order valence-corrected chi connectivity index (χ0v) is 12.5. The van der Waals surface area contributed by atoms with Crippen molar-refractivity contribution in [1.82, 2.24) is 15.2 Å². The van der Waals surface area contributed by atoms with Gasteiger partial charge in [-0.2, -0.15) is 0 Å². The average Bonchev–Trinajstić information content (AvgIpc) is 2.70. The van der Waals surface area contributed by atoms with Gasteiger partial charge in [-0.05, 0) is 27.2 Å². The molecule has 2 rings (SSSR count). The molecule has 0 aliphatic carbocycles. The van der Waals surface area contributed by atoms with E-state index in [0.29, 0.717) is 6.42 Å². The fraction of sp³-hybridized carbons (Fsp3) is 0.615. The van der Waals surface area contributed by atoms with E-state index >= 15 is 0 Å². The number of nitrogens with zero attached hydrogens (tertiary/aromatic N) is 2. The van der Waals surface area contributed by atoms with E-state index in [0.717, 1.165) is 15.6 Å². The summed E-state index contributed by atoms with van der Waals surface area (Å²) in [6.07, 6.45) is 0.624. The Morgan fingerprint density at radius 1 is 1.47 bits per heavy atom. The minimum atomic E-state index is -0.377. The van der Waals surface area contributed by atoms with Crippen LogP contribution in [0.5, 0.6) is 0 Å². The smallest absolute Gasteiger partial charge is 0.243 e. The van der Waals surface area contributed by atoms with Gasteiger partial charge in [0.15, 0.2) is 0 Å². The molecule has 1 aliphatic heterocycles. The van der Waals surface area contributed by atoms with Gasteiger partial charge in [-0.25, -0.2) is 4.98 Å². The van der Waals surface area contributed by atoms with E-state index in [-0.39, 0.29) is 30.4 Å². The molecule has 0 aromatic carbocycles. The molecule has 1 fully saturated rings. The molecule has 0 bridgehead atoms. The molecule has 1 saturated heterocycles. The molecule has 0 radical (unpaired) electrons. The van der Waals surface area contributed by atoms with Gasteiger partial charge in [0.25, 0.3) is 0 Å². The SMILES string of the molecule is CCC1C(=O)NCC(=O)N1C(C)c1sc(C)nc1C. The normalized spacial score (nSPS) is 21.5. The Hall–Kier alpha value is -1.43. The van der Waals surface area contributed by atoms with Crippen LogP contribution in [0, 0.1) is 13.8 Å². The molecule has 2 atom stereocenters. The first-order valence-electron chi connectivity index (χ1n) is 6.48. The summed E-state index contributed by atoms with van der Waals surface area (Å²) in [6, 6.07) is -0.479. The number of nitrogens with one attached hydrogen (secondary N) is 1. The van der Waals surface area contributed by atoms with Gasteiger partial charge in [-0.15, -0.1) is 11.3 Å². The number of aromatic nitrogens is 1. The standard InChI is InChI=1S/C13H19N3O2S/c1-5-10-13(18)14-6-11(17)16(10)8(3)12-7(2)15-9(4)19-12/h8,10H,5-6H2,1-4H3,(H,14,18). The van der Waals surface area contributed by atoms with Gasteiger partial charge < -0.3 is 10.2 Å². The second kappa shape index (κ2) is 5.28. The van der Waals surface area contributed by atoms with Crippen LogP contribution in [0.2, 0.25) is 0 Å². The minimum absolute atomic E-state index is 0.0237. The molecule has 2 heterocycles. The summed E-state index contributed by atoms with van der Waals surface area (Å²) >= 11 is 1.60. The lowest BCUT2D eigenvalue weighted by atomic mass is 10.1. The van der Waals surface area contributed by atoms with Crippen LogP contribution < -0.4 is 5.32 Å². The van der Waals surface area contributed by atoms with Crippen molar-refractivity contribution in [2.75, 3.05) is 6.54 Å². The maximum Gasteiger partial charge on any atom is 0.243 e. The molecular formula is C13H19N3O2S. The Kier molecular flexibility index (Phi) is 3.89. The zero-order chi connectivity index (χ0) is 14.2. The zero-order valence-electron chi connectivity index (χ0n) is 11.7. The van der Waals surface area contributed by atoms with Gasteiger partial charge in [0.05, 0.1) is 23.3 Å². The summed E-state index contributed by atoms with van der Waals surface area (Å²) in [5.74, 6) is -0.0859. The summed E-state index contributed by atoms with van der Waals surface area (Å²) in [5, 5.41) is 3.63.